The van der Waals surface area contributed by atoms with E-state index in [1.54, 1.807) is 24.4 Å². The van der Waals surface area contributed by atoms with Crippen LogP contribution in [0.3, 0.4) is 0 Å². The van der Waals surface area contributed by atoms with Crippen LogP contribution >= 0.6 is 0 Å². The van der Waals surface area contributed by atoms with E-state index in [1.165, 1.54) is 6.07 Å². The van der Waals surface area contributed by atoms with Gasteiger partial charge in [0.1, 0.15) is 6.61 Å². The number of anilines is 1. The maximum absolute atomic E-state index is 13.5. The summed E-state index contributed by atoms with van der Waals surface area (Å²) in [5, 5.41) is 8.01. The van der Waals surface area contributed by atoms with Crippen LogP contribution in [0, 0.1) is 5.82 Å². The van der Waals surface area contributed by atoms with Crippen LogP contribution in [0.4, 0.5) is 10.2 Å². The predicted octanol–water partition coefficient (Wildman–Crippen LogP) is 1.83. The summed E-state index contributed by atoms with van der Waals surface area (Å²) in [6.07, 6.45) is 1.75. The van der Waals surface area contributed by atoms with Gasteiger partial charge in [-0.3, -0.25) is 4.90 Å². The number of hydrogen-bond donors (Lipinski definition) is 0. The maximum Gasteiger partial charge on any atom is 0.165 e. The highest BCUT2D eigenvalue weighted by molar-refractivity contribution is 5.35. The third-order valence-corrected chi connectivity index (χ3v) is 4.15. The third kappa shape index (κ3) is 5.11. The van der Waals surface area contributed by atoms with Crippen LogP contribution < -0.4 is 9.64 Å². The van der Waals surface area contributed by atoms with Gasteiger partial charge in [-0.25, -0.2) is 4.39 Å². The summed E-state index contributed by atoms with van der Waals surface area (Å²) in [6, 6.07) is 10.3. The molecule has 1 aromatic carbocycles. The van der Waals surface area contributed by atoms with E-state index in [2.05, 4.69) is 15.1 Å². The number of benzene rings is 1. The molecule has 134 valence electrons. The van der Waals surface area contributed by atoms with Gasteiger partial charge < -0.3 is 14.4 Å². The first-order valence-electron chi connectivity index (χ1n) is 8.42. The third-order valence-electron chi connectivity index (χ3n) is 4.15. The summed E-state index contributed by atoms with van der Waals surface area (Å²) in [7, 11) is 1.98. The summed E-state index contributed by atoms with van der Waals surface area (Å²) in [5.41, 5.74) is 0. The lowest BCUT2D eigenvalue weighted by atomic mass is 10.2. The molecule has 2 heterocycles. The zero-order chi connectivity index (χ0) is 17.5. The van der Waals surface area contributed by atoms with Crippen molar-refractivity contribution in [2.45, 2.75) is 6.10 Å². The Morgan fingerprint density at radius 1 is 1.32 bits per heavy atom. The molecule has 0 amide bonds. The number of hydrogen-bond acceptors (Lipinski definition) is 6. The fraction of sp³-hybridized carbons (Fsp3) is 0.444. The van der Waals surface area contributed by atoms with Crippen molar-refractivity contribution in [1.29, 1.82) is 0 Å². The monoisotopic (exact) mass is 346 g/mol. The summed E-state index contributed by atoms with van der Waals surface area (Å²) in [6.45, 7) is 4.27. The smallest absolute Gasteiger partial charge is 0.165 e. The molecule has 1 aliphatic rings. The lowest BCUT2D eigenvalue weighted by Crippen LogP contribution is -2.48. The van der Waals surface area contributed by atoms with Crippen molar-refractivity contribution in [3.63, 3.8) is 0 Å². The van der Waals surface area contributed by atoms with Crippen LogP contribution in [-0.4, -0.2) is 67.6 Å². The fourth-order valence-corrected chi connectivity index (χ4v) is 2.84. The second kappa shape index (κ2) is 8.73. The van der Waals surface area contributed by atoms with E-state index >= 15 is 0 Å². The summed E-state index contributed by atoms with van der Waals surface area (Å²) >= 11 is 0. The lowest BCUT2D eigenvalue weighted by molar-refractivity contribution is -0.0266. The molecule has 0 N–H and O–H groups in total. The molecule has 0 unspecified atom stereocenters. The van der Waals surface area contributed by atoms with Gasteiger partial charge in [0.05, 0.1) is 12.7 Å². The molecule has 0 saturated carbocycles. The van der Waals surface area contributed by atoms with Gasteiger partial charge in [0.25, 0.3) is 0 Å². The van der Waals surface area contributed by atoms with E-state index in [1.807, 2.05) is 24.1 Å². The second-order valence-electron chi connectivity index (χ2n) is 6.03. The van der Waals surface area contributed by atoms with Crippen molar-refractivity contribution in [3.05, 3.63) is 48.4 Å². The maximum atomic E-state index is 13.5. The van der Waals surface area contributed by atoms with Crippen LogP contribution in [-0.2, 0) is 4.74 Å². The molecule has 1 atom stereocenters. The van der Waals surface area contributed by atoms with Crippen LogP contribution in [0.2, 0.25) is 0 Å². The van der Waals surface area contributed by atoms with E-state index in [9.17, 15) is 4.39 Å². The van der Waals surface area contributed by atoms with Crippen LogP contribution in [0.25, 0.3) is 0 Å². The Bertz CT molecular complexity index is 659. The van der Waals surface area contributed by atoms with E-state index in [4.69, 9.17) is 9.47 Å². The average molecular weight is 346 g/mol. The number of para-hydroxylation sites is 1. The molecular weight excluding hydrogens is 323 g/mol. The van der Waals surface area contributed by atoms with Gasteiger partial charge in [-0.2, -0.15) is 5.10 Å². The topological polar surface area (TPSA) is 50.7 Å². The van der Waals surface area contributed by atoms with Gasteiger partial charge in [-0.1, -0.05) is 12.1 Å². The Balaban J connectivity index is 1.44. The largest absolute Gasteiger partial charge is 0.489 e. The summed E-state index contributed by atoms with van der Waals surface area (Å²) in [5.74, 6) is 0.800. The molecule has 2 aromatic rings. The molecule has 1 aliphatic heterocycles. The first kappa shape index (κ1) is 17.6. The quantitative estimate of drug-likeness (QED) is 0.762. The Morgan fingerprint density at radius 3 is 3.00 bits per heavy atom. The van der Waals surface area contributed by atoms with Crippen LogP contribution in [0.5, 0.6) is 5.75 Å². The lowest BCUT2D eigenvalue weighted by Gasteiger charge is -2.34. The van der Waals surface area contributed by atoms with Gasteiger partial charge in [-0.05, 0) is 24.3 Å². The van der Waals surface area contributed by atoms with Crippen molar-refractivity contribution in [1.82, 2.24) is 15.1 Å². The Morgan fingerprint density at radius 2 is 2.20 bits per heavy atom. The average Bonchev–Trinajstić information content (AvgIpc) is 2.64. The number of ether oxygens (including phenoxy) is 2. The number of rotatable bonds is 7. The Labute approximate surface area is 147 Å². The molecule has 1 fully saturated rings. The van der Waals surface area contributed by atoms with Crippen molar-refractivity contribution in [2.75, 3.05) is 51.3 Å². The number of aromatic nitrogens is 2. The molecule has 0 aliphatic carbocycles. The highest BCUT2D eigenvalue weighted by Crippen LogP contribution is 2.16. The summed E-state index contributed by atoms with van der Waals surface area (Å²) in [4.78, 5) is 4.32. The highest BCUT2D eigenvalue weighted by atomic mass is 19.1. The van der Waals surface area contributed by atoms with Gasteiger partial charge in [0.2, 0.25) is 0 Å². The molecular formula is C18H23FN4O2. The minimum atomic E-state index is -0.326. The van der Waals surface area contributed by atoms with E-state index in [-0.39, 0.29) is 11.9 Å². The zero-order valence-corrected chi connectivity index (χ0v) is 14.3. The second-order valence-corrected chi connectivity index (χ2v) is 6.03. The first-order chi connectivity index (χ1) is 12.2. The number of morpholine rings is 1. The fourth-order valence-electron chi connectivity index (χ4n) is 2.84. The number of halogens is 1. The standard InChI is InChI=1S/C18H23FN4O2/c1-22(18-7-4-8-20-21-18)13-15-14-23(9-11-24-15)10-12-25-17-6-3-2-5-16(17)19/h2-8,15H,9-14H2,1H3/t15-/m0/s1. The van der Waals surface area contributed by atoms with Crippen LogP contribution in [0.1, 0.15) is 0 Å². The minimum Gasteiger partial charge on any atom is -0.489 e. The number of likely N-dealkylation sites (N-methyl/N-ethyl adjacent to an activating group) is 1. The molecule has 1 saturated heterocycles. The molecule has 6 nitrogen and oxygen atoms in total. The Kier molecular flexibility index (Phi) is 6.14. The van der Waals surface area contributed by atoms with E-state index in [0.29, 0.717) is 19.0 Å². The normalized spacial score (nSPS) is 18.1. The van der Waals surface area contributed by atoms with Gasteiger partial charge in [0.15, 0.2) is 17.4 Å². The molecule has 0 radical (unpaired) electrons. The molecule has 1 aromatic heterocycles. The molecule has 3 rings (SSSR count). The van der Waals surface area contributed by atoms with Crippen molar-refractivity contribution < 1.29 is 13.9 Å². The SMILES string of the molecule is CN(C[C@H]1CN(CCOc2ccccc2F)CCO1)c1cccnn1. The zero-order valence-electron chi connectivity index (χ0n) is 14.3. The van der Waals surface area contributed by atoms with Crippen molar-refractivity contribution >= 4 is 5.82 Å². The predicted molar refractivity (Wildman–Crippen MR) is 93.4 cm³/mol. The molecule has 25 heavy (non-hydrogen) atoms. The van der Waals surface area contributed by atoms with Crippen molar-refractivity contribution in [3.8, 4) is 5.75 Å². The molecule has 0 spiro atoms. The van der Waals surface area contributed by atoms with Gasteiger partial charge in [0, 0.05) is 39.4 Å². The molecule has 0 bridgehead atoms. The van der Waals surface area contributed by atoms with Crippen LogP contribution in [0.15, 0.2) is 42.6 Å². The number of nitrogens with zero attached hydrogens (tertiary/aromatic N) is 4. The summed E-state index contributed by atoms with van der Waals surface area (Å²) < 4.78 is 24.9. The van der Waals surface area contributed by atoms with Gasteiger partial charge >= 0.3 is 0 Å². The highest BCUT2D eigenvalue weighted by Gasteiger charge is 2.22. The first-order valence-corrected chi connectivity index (χ1v) is 8.42. The minimum absolute atomic E-state index is 0.0919. The van der Waals surface area contributed by atoms with Crippen molar-refractivity contribution in [2.24, 2.45) is 0 Å². The van der Waals surface area contributed by atoms with Gasteiger partial charge in [-0.15, -0.1) is 5.10 Å². The van der Waals surface area contributed by atoms with E-state index in [0.717, 1.165) is 32.0 Å². The van der Waals surface area contributed by atoms with E-state index < -0.39 is 0 Å². The molecule has 7 heteroatoms. The Hall–Kier alpha value is -2.25.